The Kier molecular flexibility index (Phi) is 5.57. The number of carbonyl (C=O) groups excluding carboxylic acids is 1. The second-order valence-corrected chi connectivity index (χ2v) is 5.54. The number of hydrogen-bond acceptors (Lipinski definition) is 3. The number of pyridine rings is 1. The molecule has 1 aromatic carbocycles. The lowest BCUT2D eigenvalue weighted by Gasteiger charge is -2.12. The van der Waals surface area contributed by atoms with Crippen LogP contribution >= 0.6 is 0 Å². The van der Waals surface area contributed by atoms with Gasteiger partial charge in [-0.1, -0.05) is 29.8 Å². The van der Waals surface area contributed by atoms with Gasteiger partial charge in [0.05, 0.1) is 13.5 Å². The number of nitrogens with one attached hydrogen (secondary N) is 1. The minimum atomic E-state index is -0.130. The summed E-state index contributed by atoms with van der Waals surface area (Å²) in [5, 5.41) is 2.85. The van der Waals surface area contributed by atoms with E-state index in [1.165, 1.54) is 13.2 Å². The van der Waals surface area contributed by atoms with E-state index in [0.29, 0.717) is 25.3 Å². The first-order valence-electron chi connectivity index (χ1n) is 7.57. The van der Waals surface area contributed by atoms with Crippen LogP contribution in [0.5, 0.6) is 5.75 Å². The summed E-state index contributed by atoms with van der Waals surface area (Å²) in [5.41, 5.74) is 2.80. The van der Waals surface area contributed by atoms with Gasteiger partial charge in [0.15, 0.2) is 0 Å². The van der Waals surface area contributed by atoms with Gasteiger partial charge in [0.2, 0.25) is 5.91 Å². The summed E-state index contributed by atoms with van der Waals surface area (Å²) in [6.07, 6.45) is 0.345. The van der Waals surface area contributed by atoms with Crippen LogP contribution in [0, 0.1) is 13.8 Å². The van der Waals surface area contributed by atoms with Crippen LogP contribution in [0.25, 0.3) is 0 Å². The molecule has 23 heavy (non-hydrogen) atoms. The molecule has 0 saturated carbocycles. The first-order chi connectivity index (χ1) is 11.0. The maximum atomic E-state index is 12.0. The highest BCUT2D eigenvalue weighted by Crippen LogP contribution is 2.08. The van der Waals surface area contributed by atoms with Crippen molar-refractivity contribution in [2.24, 2.45) is 0 Å². The number of amides is 1. The molecule has 0 spiro atoms. The van der Waals surface area contributed by atoms with Gasteiger partial charge < -0.3 is 14.6 Å². The van der Waals surface area contributed by atoms with Crippen LogP contribution in [0.2, 0.25) is 0 Å². The van der Waals surface area contributed by atoms with Crippen LogP contribution in [0.3, 0.4) is 0 Å². The van der Waals surface area contributed by atoms with Crippen LogP contribution in [0.4, 0.5) is 0 Å². The fraction of sp³-hybridized carbons (Fsp3) is 0.333. The van der Waals surface area contributed by atoms with Crippen LogP contribution < -0.4 is 15.6 Å². The molecule has 2 rings (SSSR count). The Morgan fingerprint density at radius 2 is 2.00 bits per heavy atom. The van der Waals surface area contributed by atoms with Crippen LogP contribution in [0.15, 0.2) is 41.2 Å². The summed E-state index contributed by atoms with van der Waals surface area (Å²) in [5.74, 6) is 0.502. The molecule has 1 aromatic heterocycles. The Bertz CT molecular complexity index is 750. The summed E-state index contributed by atoms with van der Waals surface area (Å²) in [6.45, 7) is 4.70. The maximum absolute atomic E-state index is 12.0. The first-order valence-corrected chi connectivity index (χ1v) is 7.57. The molecule has 5 nitrogen and oxygen atoms in total. The highest BCUT2D eigenvalue weighted by Gasteiger charge is 2.06. The zero-order valence-electron chi connectivity index (χ0n) is 13.8. The molecular formula is C18H22N2O3. The number of aromatic nitrogens is 1. The van der Waals surface area contributed by atoms with Gasteiger partial charge >= 0.3 is 0 Å². The van der Waals surface area contributed by atoms with Crippen molar-refractivity contribution in [3.8, 4) is 5.75 Å². The Morgan fingerprint density at radius 3 is 2.65 bits per heavy atom. The summed E-state index contributed by atoms with van der Waals surface area (Å²) in [4.78, 5) is 24.0. The topological polar surface area (TPSA) is 60.3 Å². The SMILES string of the molecule is COc1cc(C)n(CCNC(=O)Cc2cccc(C)c2)c(=O)c1. The average Bonchev–Trinajstić information content (AvgIpc) is 2.49. The van der Waals surface area contributed by atoms with Crippen molar-refractivity contribution in [3.05, 3.63) is 63.6 Å². The lowest BCUT2D eigenvalue weighted by atomic mass is 10.1. The van der Waals surface area contributed by atoms with Gasteiger partial charge in [-0.3, -0.25) is 9.59 Å². The molecule has 0 aliphatic heterocycles. The molecule has 2 aromatic rings. The van der Waals surface area contributed by atoms with Gasteiger partial charge in [0, 0.05) is 24.8 Å². The van der Waals surface area contributed by atoms with Gasteiger partial charge in [0.1, 0.15) is 5.75 Å². The van der Waals surface area contributed by atoms with Crippen LogP contribution in [-0.4, -0.2) is 24.1 Å². The molecular weight excluding hydrogens is 292 g/mol. The van der Waals surface area contributed by atoms with Crippen molar-refractivity contribution < 1.29 is 9.53 Å². The number of rotatable bonds is 6. The number of methoxy groups -OCH3 is 1. The lowest BCUT2D eigenvalue weighted by molar-refractivity contribution is -0.120. The van der Waals surface area contributed by atoms with Gasteiger partial charge in [-0.2, -0.15) is 0 Å². The Hall–Kier alpha value is -2.56. The predicted octanol–water partition coefficient (Wildman–Crippen LogP) is 1.83. The fourth-order valence-corrected chi connectivity index (χ4v) is 2.48. The van der Waals surface area contributed by atoms with E-state index >= 15 is 0 Å². The molecule has 0 aliphatic rings. The van der Waals surface area contributed by atoms with Crippen molar-refractivity contribution >= 4 is 5.91 Å². The smallest absolute Gasteiger partial charge is 0.254 e. The van der Waals surface area contributed by atoms with Crippen molar-refractivity contribution in [1.29, 1.82) is 0 Å². The van der Waals surface area contributed by atoms with E-state index < -0.39 is 0 Å². The molecule has 1 N–H and O–H groups in total. The zero-order chi connectivity index (χ0) is 16.8. The van der Waals surface area contributed by atoms with Gasteiger partial charge in [-0.05, 0) is 25.5 Å². The Labute approximate surface area is 135 Å². The minimum absolute atomic E-state index is 0.0465. The summed E-state index contributed by atoms with van der Waals surface area (Å²) in [7, 11) is 1.53. The number of ether oxygens (including phenoxy) is 1. The monoisotopic (exact) mass is 314 g/mol. The normalized spacial score (nSPS) is 10.4. The molecule has 0 aliphatic carbocycles. The molecule has 0 saturated heterocycles. The highest BCUT2D eigenvalue weighted by molar-refractivity contribution is 5.78. The standard InChI is InChI=1S/C18H22N2O3/c1-13-5-4-6-15(9-13)11-17(21)19-7-8-20-14(2)10-16(23-3)12-18(20)22/h4-6,9-10,12H,7-8,11H2,1-3H3,(H,19,21). The molecule has 122 valence electrons. The van der Waals surface area contributed by atoms with Gasteiger partial charge in [-0.15, -0.1) is 0 Å². The molecule has 1 heterocycles. The molecule has 0 fully saturated rings. The van der Waals surface area contributed by atoms with E-state index in [4.69, 9.17) is 4.74 Å². The number of aryl methyl sites for hydroxylation is 2. The summed E-state index contributed by atoms with van der Waals surface area (Å²) in [6, 6.07) is 11.1. The highest BCUT2D eigenvalue weighted by atomic mass is 16.5. The van der Waals surface area contributed by atoms with Crippen LogP contribution in [0.1, 0.15) is 16.8 Å². The van der Waals surface area contributed by atoms with Crippen molar-refractivity contribution in [2.45, 2.75) is 26.8 Å². The van der Waals surface area contributed by atoms with Crippen molar-refractivity contribution in [1.82, 2.24) is 9.88 Å². The molecule has 0 bridgehead atoms. The first kappa shape index (κ1) is 16.8. The largest absolute Gasteiger partial charge is 0.496 e. The molecule has 1 amide bonds. The second kappa shape index (κ2) is 7.63. The molecule has 0 atom stereocenters. The molecule has 0 unspecified atom stereocenters. The number of carbonyl (C=O) groups is 1. The van der Waals surface area contributed by atoms with E-state index in [-0.39, 0.29) is 11.5 Å². The van der Waals surface area contributed by atoms with Gasteiger partial charge in [0.25, 0.3) is 5.56 Å². The Morgan fingerprint density at radius 1 is 1.22 bits per heavy atom. The summed E-state index contributed by atoms with van der Waals surface area (Å²) < 4.78 is 6.69. The second-order valence-electron chi connectivity index (χ2n) is 5.54. The molecule has 5 heteroatoms. The van der Waals surface area contributed by atoms with E-state index in [9.17, 15) is 9.59 Å². The quantitative estimate of drug-likeness (QED) is 0.885. The predicted molar refractivity (Wildman–Crippen MR) is 89.9 cm³/mol. The third-order valence-corrected chi connectivity index (χ3v) is 3.65. The third-order valence-electron chi connectivity index (χ3n) is 3.65. The number of nitrogens with zero attached hydrogens (tertiary/aromatic N) is 1. The van der Waals surface area contributed by atoms with Gasteiger partial charge in [-0.25, -0.2) is 0 Å². The van der Waals surface area contributed by atoms with E-state index in [1.54, 1.807) is 10.6 Å². The summed E-state index contributed by atoms with van der Waals surface area (Å²) >= 11 is 0. The molecule has 0 radical (unpaired) electrons. The average molecular weight is 314 g/mol. The minimum Gasteiger partial charge on any atom is -0.496 e. The maximum Gasteiger partial charge on any atom is 0.254 e. The van der Waals surface area contributed by atoms with Crippen LogP contribution in [-0.2, 0) is 17.8 Å². The van der Waals surface area contributed by atoms with E-state index in [1.807, 2.05) is 38.1 Å². The van der Waals surface area contributed by atoms with E-state index in [2.05, 4.69) is 5.32 Å². The number of benzene rings is 1. The van der Waals surface area contributed by atoms with Crippen molar-refractivity contribution in [3.63, 3.8) is 0 Å². The Balaban J connectivity index is 1.90. The zero-order valence-corrected chi connectivity index (χ0v) is 13.8. The van der Waals surface area contributed by atoms with E-state index in [0.717, 1.165) is 16.8 Å². The fourth-order valence-electron chi connectivity index (χ4n) is 2.48. The van der Waals surface area contributed by atoms with Crippen molar-refractivity contribution in [2.75, 3.05) is 13.7 Å². The third kappa shape index (κ3) is 4.71. The lowest BCUT2D eigenvalue weighted by Crippen LogP contribution is -2.32. The number of hydrogen-bond donors (Lipinski definition) is 1.